The molecule has 0 amide bonds. The second-order valence-corrected chi connectivity index (χ2v) is 8.29. The Morgan fingerprint density at radius 2 is 2.04 bits per heavy atom. The van der Waals surface area contributed by atoms with Gasteiger partial charge in [0.25, 0.3) is 22.1 Å². The maximum atomic E-state index is 14.1. The van der Waals surface area contributed by atoms with Crippen molar-refractivity contribution in [1.82, 2.24) is 0 Å². The molecule has 1 saturated carbocycles. The van der Waals surface area contributed by atoms with Gasteiger partial charge in [-0.2, -0.15) is 14.2 Å². The average Bonchev–Trinajstić information content (AvgIpc) is 2.85. The number of nitrogens with zero attached hydrogens (tertiary/aromatic N) is 1. The number of benzene rings is 1. The summed E-state index contributed by atoms with van der Waals surface area (Å²) >= 11 is 0. The molecule has 0 radical (unpaired) electrons. The van der Waals surface area contributed by atoms with E-state index in [0.29, 0.717) is 0 Å². The largest absolute Gasteiger partial charge is 0.461 e. The van der Waals surface area contributed by atoms with E-state index >= 15 is 0 Å². The van der Waals surface area contributed by atoms with Gasteiger partial charge in [-0.25, -0.2) is 13.2 Å². The molecule has 3 rings (SSSR count). The van der Waals surface area contributed by atoms with Crippen molar-refractivity contribution < 1.29 is 36.2 Å². The van der Waals surface area contributed by atoms with Crippen LogP contribution in [0.1, 0.15) is 12.0 Å². The number of hydrogen-bond donors (Lipinski definition) is 2. The highest BCUT2D eigenvalue weighted by Crippen LogP contribution is 2.53. The molecule has 4 atom stereocenters. The normalized spacial score (nSPS) is 28.4. The summed E-state index contributed by atoms with van der Waals surface area (Å²) in [5.41, 5.74) is -0.0539. The Bertz CT molecular complexity index is 924. The summed E-state index contributed by atoms with van der Waals surface area (Å²) < 4.78 is 81.8. The van der Waals surface area contributed by atoms with Crippen LogP contribution in [-0.4, -0.2) is 27.7 Å². The van der Waals surface area contributed by atoms with Gasteiger partial charge in [0.05, 0.1) is 17.6 Å². The van der Waals surface area contributed by atoms with Gasteiger partial charge < -0.3 is 9.84 Å². The number of ether oxygens (including phenoxy) is 1. The highest BCUT2D eigenvalue weighted by Gasteiger charge is 2.62. The number of aliphatic hydroxyl groups is 1. The van der Waals surface area contributed by atoms with Crippen molar-refractivity contribution in [3.8, 4) is 11.8 Å². The van der Waals surface area contributed by atoms with E-state index < -0.39 is 57.2 Å². The SMILES string of the molecule is N#Cc1cc(F)cc(OC2=CC=C([S+](=O)(O)CF)C3C2CC(F)(F)C3O)c1. The molecular formula is C17H14F4NO4S+. The molecule has 0 saturated heterocycles. The topological polar surface area (TPSA) is 90.5 Å². The molecule has 2 aliphatic carbocycles. The lowest BCUT2D eigenvalue weighted by molar-refractivity contribution is -0.0937. The molecule has 0 bridgehead atoms. The van der Waals surface area contributed by atoms with E-state index in [2.05, 4.69) is 0 Å². The summed E-state index contributed by atoms with van der Waals surface area (Å²) in [5.74, 6) is -7.36. The van der Waals surface area contributed by atoms with Crippen LogP contribution >= 0.6 is 0 Å². The van der Waals surface area contributed by atoms with Gasteiger partial charge in [0.15, 0.2) is 4.91 Å². The molecule has 10 heteroatoms. The predicted molar refractivity (Wildman–Crippen MR) is 87.1 cm³/mol. The van der Waals surface area contributed by atoms with Gasteiger partial charge in [0, 0.05) is 18.4 Å². The van der Waals surface area contributed by atoms with Crippen molar-refractivity contribution in [2.45, 2.75) is 18.4 Å². The monoisotopic (exact) mass is 404 g/mol. The zero-order valence-electron chi connectivity index (χ0n) is 13.6. The number of hydrogen-bond acceptors (Lipinski definition) is 4. The summed E-state index contributed by atoms with van der Waals surface area (Å²) in [6.07, 6.45) is -1.12. The van der Waals surface area contributed by atoms with Crippen LogP contribution in [0, 0.1) is 29.0 Å². The van der Waals surface area contributed by atoms with Crippen molar-refractivity contribution in [1.29, 1.82) is 5.26 Å². The lowest BCUT2D eigenvalue weighted by Gasteiger charge is -2.26. The Morgan fingerprint density at radius 3 is 2.67 bits per heavy atom. The Labute approximate surface area is 152 Å². The fraction of sp³-hybridized carbons (Fsp3) is 0.353. The molecule has 144 valence electrons. The van der Waals surface area contributed by atoms with Crippen molar-refractivity contribution >= 4 is 10.2 Å². The zero-order valence-corrected chi connectivity index (χ0v) is 14.4. The van der Waals surface area contributed by atoms with Gasteiger partial charge in [0.1, 0.15) is 23.4 Å². The molecule has 1 aromatic rings. The second-order valence-electron chi connectivity index (χ2n) is 6.32. The third kappa shape index (κ3) is 3.50. The zero-order chi connectivity index (χ0) is 20.0. The first-order valence-electron chi connectivity index (χ1n) is 7.75. The number of fused-ring (bicyclic) bond motifs is 1. The third-order valence-electron chi connectivity index (χ3n) is 4.56. The van der Waals surface area contributed by atoms with Gasteiger partial charge in [-0.05, 0) is 24.3 Å². The third-order valence-corrected chi connectivity index (χ3v) is 6.00. The molecule has 0 aliphatic heterocycles. The van der Waals surface area contributed by atoms with Gasteiger partial charge in [-0.15, -0.1) is 0 Å². The first kappa shape index (κ1) is 19.5. The van der Waals surface area contributed by atoms with Gasteiger partial charge >= 0.3 is 0 Å². The summed E-state index contributed by atoms with van der Waals surface area (Å²) in [5, 5.41) is 18.8. The smallest absolute Gasteiger partial charge is 0.283 e. The van der Waals surface area contributed by atoms with Crippen LogP contribution in [0.25, 0.3) is 0 Å². The molecule has 1 aromatic carbocycles. The number of allylic oxidation sites excluding steroid dienone is 3. The van der Waals surface area contributed by atoms with Crippen LogP contribution in [0.3, 0.4) is 0 Å². The molecule has 0 aromatic heterocycles. The van der Waals surface area contributed by atoms with E-state index in [1.54, 1.807) is 6.07 Å². The summed E-state index contributed by atoms with van der Waals surface area (Å²) in [6.45, 7) is 0. The van der Waals surface area contributed by atoms with Gasteiger partial charge in [-0.3, -0.25) is 0 Å². The van der Waals surface area contributed by atoms with E-state index in [1.165, 1.54) is 6.07 Å². The Hall–Kier alpha value is -2.22. The van der Waals surface area contributed by atoms with Crippen LogP contribution < -0.4 is 4.74 Å². The predicted octanol–water partition coefficient (Wildman–Crippen LogP) is 3.39. The molecule has 1 fully saturated rings. The molecule has 0 heterocycles. The second kappa shape index (κ2) is 6.74. The Balaban J connectivity index is 2.03. The lowest BCUT2D eigenvalue weighted by atomic mass is 9.88. The van der Waals surface area contributed by atoms with E-state index in [1.807, 2.05) is 0 Å². The first-order chi connectivity index (χ1) is 12.6. The van der Waals surface area contributed by atoms with Crippen molar-refractivity contribution in [2.75, 3.05) is 6.01 Å². The molecule has 0 spiro atoms. The molecular weight excluding hydrogens is 390 g/mol. The molecule has 2 aliphatic rings. The Kier molecular flexibility index (Phi) is 4.88. The molecule has 5 nitrogen and oxygen atoms in total. The van der Waals surface area contributed by atoms with E-state index in [4.69, 9.17) is 10.00 Å². The minimum Gasteiger partial charge on any atom is -0.461 e. The highest BCUT2D eigenvalue weighted by molar-refractivity contribution is 8.01. The quantitative estimate of drug-likeness (QED) is 0.593. The minimum absolute atomic E-state index is 0.0539. The van der Waals surface area contributed by atoms with Crippen LogP contribution in [0.5, 0.6) is 5.75 Å². The molecule has 27 heavy (non-hydrogen) atoms. The number of rotatable bonds is 4. The Morgan fingerprint density at radius 1 is 1.33 bits per heavy atom. The fourth-order valence-electron chi connectivity index (χ4n) is 3.37. The highest BCUT2D eigenvalue weighted by atomic mass is 32.3. The van der Waals surface area contributed by atoms with Crippen LogP contribution in [-0.2, 0) is 14.4 Å². The van der Waals surface area contributed by atoms with Crippen molar-refractivity contribution in [3.05, 3.63) is 52.4 Å². The van der Waals surface area contributed by atoms with Crippen LogP contribution in [0.4, 0.5) is 17.6 Å². The summed E-state index contributed by atoms with van der Waals surface area (Å²) in [7, 11) is -4.22. The maximum Gasteiger partial charge on any atom is 0.283 e. The van der Waals surface area contributed by atoms with Crippen molar-refractivity contribution in [2.24, 2.45) is 11.8 Å². The number of alkyl halides is 3. The lowest BCUT2D eigenvalue weighted by Crippen LogP contribution is -2.37. The number of nitriles is 1. The summed E-state index contributed by atoms with van der Waals surface area (Å²) in [4.78, 5) is -0.524. The van der Waals surface area contributed by atoms with Crippen LogP contribution in [0.15, 0.2) is 41.0 Å². The van der Waals surface area contributed by atoms with E-state index in [9.17, 15) is 31.4 Å². The standard InChI is InChI=1S/C17H13F4NO4S/c18-8-27(24,25)14-2-1-13(12-6-17(20,21)16(23)15(12)14)26-11-4-9(7-22)3-10(19)5-11/h1-5,12,15-16,23H,6,8H2/p+1. The molecule has 2 N–H and O–H groups in total. The van der Waals surface area contributed by atoms with E-state index in [-0.39, 0.29) is 17.1 Å². The van der Waals surface area contributed by atoms with Gasteiger partial charge in [0.2, 0.25) is 0 Å². The minimum atomic E-state index is -4.22. The first-order valence-corrected chi connectivity index (χ1v) is 9.44. The van der Waals surface area contributed by atoms with E-state index in [0.717, 1.165) is 24.3 Å². The maximum absolute atomic E-state index is 14.1. The number of halogens is 4. The fourth-order valence-corrected chi connectivity index (χ4v) is 4.49. The van der Waals surface area contributed by atoms with Crippen molar-refractivity contribution in [3.63, 3.8) is 0 Å². The van der Waals surface area contributed by atoms with Crippen LogP contribution in [0.2, 0.25) is 0 Å². The molecule has 4 unspecified atom stereocenters. The summed E-state index contributed by atoms with van der Waals surface area (Å²) in [6, 6.07) is 3.13. The average molecular weight is 404 g/mol. The number of aliphatic hydroxyl groups excluding tert-OH is 1. The van der Waals surface area contributed by atoms with Gasteiger partial charge in [-0.1, -0.05) is 4.21 Å².